The van der Waals surface area contributed by atoms with Crippen molar-refractivity contribution in [2.45, 2.75) is 32.2 Å². The topological polar surface area (TPSA) is 73.7 Å². The lowest BCUT2D eigenvalue weighted by molar-refractivity contribution is -0.133. The summed E-state index contributed by atoms with van der Waals surface area (Å²) in [7, 11) is 3.22. The molecule has 1 aromatic heterocycles. The van der Waals surface area contributed by atoms with Crippen molar-refractivity contribution in [3.05, 3.63) is 76.9 Å². The number of aromatic nitrogens is 2. The highest BCUT2D eigenvalue weighted by atomic mass is 19.1. The monoisotopic (exact) mass is 451 g/mol. The number of amides is 1. The fraction of sp³-hybridized carbons (Fsp3) is 0.320. The third-order valence-corrected chi connectivity index (χ3v) is 5.80. The van der Waals surface area contributed by atoms with E-state index in [0.717, 1.165) is 36.1 Å². The number of fused-ring (bicyclic) bond motifs is 1. The van der Waals surface area contributed by atoms with Gasteiger partial charge in [0.15, 0.2) is 12.3 Å². The minimum Gasteiger partial charge on any atom is -0.496 e. The van der Waals surface area contributed by atoms with Gasteiger partial charge in [0.1, 0.15) is 11.6 Å². The SMILES string of the molecule is COc1ccccc1CN(C)C(=O)COC(=O)c1nn(-c2ccc(F)cc2)c2c1CCCC2. The molecule has 8 heteroatoms. The van der Waals surface area contributed by atoms with Gasteiger partial charge in [-0.25, -0.2) is 13.9 Å². The minimum absolute atomic E-state index is 0.217. The second-order valence-corrected chi connectivity index (χ2v) is 8.01. The quantitative estimate of drug-likeness (QED) is 0.512. The van der Waals surface area contributed by atoms with Gasteiger partial charge in [-0.15, -0.1) is 0 Å². The first-order valence-electron chi connectivity index (χ1n) is 10.9. The van der Waals surface area contributed by atoms with Crippen LogP contribution in [-0.4, -0.2) is 47.3 Å². The highest BCUT2D eigenvalue weighted by Crippen LogP contribution is 2.27. The second-order valence-electron chi connectivity index (χ2n) is 8.01. The van der Waals surface area contributed by atoms with Gasteiger partial charge in [0.2, 0.25) is 0 Å². The van der Waals surface area contributed by atoms with Crippen LogP contribution in [0.5, 0.6) is 5.75 Å². The number of nitrogens with zero attached hydrogens (tertiary/aromatic N) is 3. The Balaban J connectivity index is 1.46. The van der Waals surface area contributed by atoms with Crippen LogP contribution in [0.2, 0.25) is 0 Å². The second kappa shape index (κ2) is 9.85. The van der Waals surface area contributed by atoms with Crippen LogP contribution >= 0.6 is 0 Å². The van der Waals surface area contributed by atoms with E-state index in [1.54, 1.807) is 31.0 Å². The Hall–Kier alpha value is -3.68. The zero-order chi connectivity index (χ0) is 23.4. The average Bonchev–Trinajstić information content (AvgIpc) is 3.23. The van der Waals surface area contributed by atoms with Crippen LogP contribution in [0, 0.1) is 5.82 Å². The first kappa shape index (κ1) is 22.5. The summed E-state index contributed by atoms with van der Waals surface area (Å²) in [6.45, 7) is -0.0579. The molecule has 172 valence electrons. The molecule has 0 bridgehead atoms. The molecule has 0 N–H and O–H groups in total. The van der Waals surface area contributed by atoms with Crippen molar-refractivity contribution in [3.63, 3.8) is 0 Å². The summed E-state index contributed by atoms with van der Waals surface area (Å²) in [4.78, 5) is 26.9. The fourth-order valence-electron chi connectivity index (χ4n) is 4.04. The Morgan fingerprint density at radius 3 is 2.58 bits per heavy atom. The predicted molar refractivity (Wildman–Crippen MR) is 120 cm³/mol. The molecular weight excluding hydrogens is 425 g/mol. The maximum atomic E-state index is 13.3. The third kappa shape index (κ3) is 4.89. The van der Waals surface area contributed by atoms with Gasteiger partial charge in [-0.3, -0.25) is 4.79 Å². The smallest absolute Gasteiger partial charge is 0.359 e. The number of benzene rings is 2. The number of carbonyl (C=O) groups excluding carboxylic acids is 2. The van der Waals surface area contributed by atoms with E-state index >= 15 is 0 Å². The lowest BCUT2D eigenvalue weighted by atomic mass is 9.95. The molecule has 0 spiro atoms. The van der Waals surface area contributed by atoms with Crippen molar-refractivity contribution < 1.29 is 23.5 Å². The van der Waals surface area contributed by atoms with E-state index in [-0.39, 0.29) is 24.0 Å². The van der Waals surface area contributed by atoms with Crippen LogP contribution in [0.25, 0.3) is 5.69 Å². The Morgan fingerprint density at radius 1 is 1.09 bits per heavy atom. The van der Waals surface area contributed by atoms with E-state index in [2.05, 4.69) is 5.10 Å². The molecule has 2 aromatic carbocycles. The van der Waals surface area contributed by atoms with Crippen molar-refractivity contribution in [2.75, 3.05) is 20.8 Å². The first-order chi connectivity index (χ1) is 16.0. The Labute approximate surface area is 191 Å². The van der Waals surface area contributed by atoms with Gasteiger partial charge < -0.3 is 14.4 Å². The molecule has 1 amide bonds. The van der Waals surface area contributed by atoms with Crippen LogP contribution in [0.1, 0.15) is 40.2 Å². The number of ether oxygens (including phenoxy) is 2. The number of esters is 1. The van der Waals surface area contributed by atoms with Crippen LogP contribution in [0.15, 0.2) is 48.5 Å². The summed E-state index contributed by atoms with van der Waals surface area (Å²) in [6, 6.07) is 13.4. The summed E-state index contributed by atoms with van der Waals surface area (Å²) in [5, 5.41) is 4.48. The van der Waals surface area contributed by atoms with E-state index in [9.17, 15) is 14.0 Å². The van der Waals surface area contributed by atoms with Crippen LogP contribution < -0.4 is 4.74 Å². The Morgan fingerprint density at radius 2 is 1.82 bits per heavy atom. The molecule has 0 saturated carbocycles. The number of carbonyl (C=O) groups is 2. The van der Waals surface area contributed by atoms with Gasteiger partial charge in [-0.2, -0.15) is 5.10 Å². The molecule has 0 aliphatic heterocycles. The molecule has 0 atom stereocenters. The molecule has 0 unspecified atom stereocenters. The molecular formula is C25H26FN3O4. The molecule has 1 aliphatic carbocycles. The minimum atomic E-state index is -0.631. The third-order valence-electron chi connectivity index (χ3n) is 5.80. The zero-order valence-corrected chi connectivity index (χ0v) is 18.7. The largest absolute Gasteiger partial charge is 0.496 e. The molecule has 33 heavy (non-hydrogen) atoms. The summed E-state index contributed by atoms with van der Waals surface area (Å²) in [6.07, 6.45) is 3.42. The number of para-hydroxylation sites is 1. The average molecular weight is 451 g/mol. The van der Waals surface area contributed by atoms with E-state index < -0.39 is 5.97 Å². The van der Waals surface area contributed by atoms with Crippen LogP contribution in [0.3, 0.4) is 0 Å². The summed E-state index contributed by atoms with van der Waals surface area (Å²) in [5.74, 6) is -0.614. The Kier molecular flexibility index (Phi) is 6.72. The summed E-state index contributed by atoms with van der Waals surface area (Å²) >= 11 is 0. The molecule has 1 aliphatic rings. The summed E-state index contributed by atoms with van der Waals surface area (Å²) < 4.78 is 25.7. The lowest BCUT2D eigenvalue weighted by Gasteiger charge is -2.18. The van der Waals surface area contributed by atoms with Crippen molar-refractivity contribution >= 4 is 11.9 Å². The molecule has 0 fully saturated rings. The molecule has 1 heterocycles. The maximum Gasteiger partial charge on any atom is 0.359 e. The number of halogens is 1. The number of methoxy groups -OCH3 is 1. The first-order valence-corrected chi connectivity index (χ1v) is 10.9. The van der Waals surface area contributed by atoms with Gasteiger partial charge in [0, 0.05) is 30.4 Å². The van der Waals surface area contributed by atoms with Crippen LogP contribution in [-0.2, 0) is 28.9 Å². The molecule has 3 aromatic rings. The fourth-order valence-corrected chi connectivity index (χ4v) is 4.04. The van der Waals surface area contributed by atoms with Crippen LogP contribution in [0.4, 0.5) is 4.39 Å². The highest BCUT2D eigenvalue weighted by Gasteiger charge is 2.27. The van der Waals surface area contributed by atoms with E-state index in [0.29, 0.717) is 24.4 Å². The van der Waals surface area contributed by atoms with Gasteiger partial charge >= 0.3 is 5.97 Å². The maximum absolute atomic E-state index is 13.3. The van der Waals surface area contributed by atoms with Gasteiger partial charge in [-0.05, 0) is 56.0 Å². The number of hydrogen-bond acceptors (Lipinski definition) is 5. The lowest BCUT2D eigenvalue weighted by Crippen LogP contribution is -2.31. The zero-order valence-electron chi connectivity index (χ0n) is 18.7. The summed E-state index contributed by atoms with van der Waals surface area (Å²) in [5.41, 5.74) is 3.52. The Bertz CT molecular complexity index is 1160. The number of rotatable bonds is 7. The van der Waals surface area contributed by atoms with Crippen molar-refractivity contribution in [1.82, 2.24) is 14.7 Å². The number of hydrogen-bond donors (Lipinski definition) is 0. The van der Waals surface area contributed by atoms with Gasteiger partial charge in [-0.1, -0.05) is 18.2 Å². The van der Waals surface area contributed by atoms with E-state index in [4.69, 9.17) is 9.47 Å². The van der Waals surface area contributed by atoms with Crippen molar-refractivity contribution in [3.8, 4) is 11.4 Å². The number of likely N-dealkylation sites (N-methyl/N-ethyl adjacent to an activating group) is 1. The van der Waals surface area contributed by atoms with Crippen molar-refractivity contribution in [2.24, 2.45) is 0 Å². The molecule has 7 nitrogen and oxygen atoms in total. The highest BCUT2D eigenvalue weighted by molar-refractivity contribution is 5.91. The predicted octanol–water partition coefficient (Wildman–Crippen LogP) is 3.71. The van der Waals surface area contributed by atoms with Gasteiger partial charge in [0.25, 0.3) is 5.91 Å². The normalized spacial score (nSPS) is 12.7. The van der Waals surface area contributed by atoms with E-state index in [1.807, 2.05) is 24.3 Å². The molecule has 0 radical (unpaired) electrons. The molecule has 4 rings (SSSR count). The van der Waals surface area contributed by atoms with Crippen molar-refractivity contribution in [1.29, 1.82) is 0 Å². The van der Waals surface area contributed by atoms with E-state index in [1.165, 1.54) is 17.0 Å². The molecule has 0 saturated heterocycles. The standard InChI is InChI=1S/C25H26FN3O4/c1-28(15-17-7-3-6-10-22(17)32-2)23(30)16-33-25(31)24-20-8-4-5-9-21(20)29(27-24)19-13-11-18(26)12-14-19/h3,6-7,10-14H,4-5,8-9,15-16H2,1-2H3. The van der Waals surface area contributed by atoms with Gasteiger partial charge in [0.05, 0.1) is 12.8 Å².